The molecule has 0 radical (unpaired) electrons. The molecule has 0 spiro atoms. The largest absolute Gasteiger partial charge is 0.496 e. The quantitative estimate of drug-likeness (QED) is 0.625. The van der Waals surface area contributed by atoms with Crippen LogP contribution in [-0.2, 0) is 11.4 Å². The van der Waals surface area contributed by atoms with Gasteiger partial charge in [-0.25, -0.2) is 4.39 Å². The number of hydrogen-bond donors (Lipinski definition) is 0. The van der Waals surface area contributed by atoms with E-state index in [4.69, 9.17) is 9.57 Å². The van der Waals surface area contributed by atoms with Crippen molar-refractivity contribution in [3.05, 3.63) is 58.7 Å². The second-order valence-corrected chi connectivity index (χ2v) is 4.62. The van der Waals surface area contributed by atoms with Gasteiger partial charge < -0.3 is 9.57 Å². The molecule has 0 fully saturated rings. The lowest BCUT2D eigenvalue weighted by Crippen LogP contribution is -1.97. The van der Waals surface area contributed by atoms with Gasteiger partial charge in [0.25, 0.3) is 0 Å². The fourth-order valence-corrected chi connectivity index (χ4v) is 1.96. The summed E-state index contributed by atoms with van der Waals surface area (Å²) in [6, 6.07) is 8.42. The van der Waals surface area contributed by atoms with Gasteiger partial charge >= 0.3 is 0 Å². The molecule has 0 aliphatic carbocycles. The van der Waals surface area contributed by atoms with E-state index >= 15 is 0 Å². The zero-order valence-electron chi connectivity index (χ0n) is 12.3. The summed E-state index contributed by atoms with van der Waals surface area (Å²) in [6.07, 6.45) is 1.39. The summed E-state index contributed by atoms with van der Waals surface area (Å²) in [5.74, 6) is 0.412. The van der Waals surface area contributed by atoms with E-state index in [0.29, 0.717) is 11.4 Å². The molecule has 1 heterocycles. The Morgan fingerprint density at radius 2 is 2.10 bits per heavy atom. The number of hydrogen-bond acceptors (Lipinski definition) is 4. The fraction of sp³-hybridized carbons (Fsp3) is 0.250. The van der Waals surface area contributed by atoms with E-state index in [0.717, 1.165) is 16.9 Å². The summed E-state index contributed by atoms with van der Waals surface area (Å²) in [5.41, 5.74) is 3.01. The Balaban J connectivity index is 2.03. The van der Waals surface area contributed by atoms with E-state index in [1.807, 2.05) is 25.1 Å². The Labute approximate surface area is 123 Å². The van der Waals surface area contributed by atoms with E-state index in [9.17, 15) is 4.39 Å². The Hall–Kier alpha value is -2.43. The van der Waals surface area contributed by atoms with Crippen molar-refractivity contribution >= 4 is 6.21 Å². The minimum atomic E-state index is -0.343. The molecule has 2 rings (SSSR count). The summed E-state index contributed by atoms with van der Waals surface area (Å²) in [4.78, 5) is 9.39. The SMILES string of the molecule is COc1cccc(C)c1CO/N=C/c1cc(F)cc(C)n1. The second kappa shape index (κ2) is 6.83. The highest BCUT2D eigenvalue weighted by Gasteiger charge is 2.06. The number of methoxy groups -OCH3 is 1. The molecule has 0 amide bonds. The lowest BCUT2D eigenvalue weighted by Gasteiger charge is -2.09. The van der Waals surface area contributed by atoms with Crippen LogP contribution in [-0.4, -0.2) is 18.3 Å². The number of ether oxygens (including phenoxy) is 1. The average molecular weight is 288 g/mol. The molecule has 0 atom stereocenters. The van der Waals surface area contributed by atoms with Gasteiger partial charge in [0.1, 0.15) is 18.2 Å². The number of aromatic nitrogens is 1. The van der Waals surface area contributed by atoms with Crippen LogP contribution in [0.4, 0.5) is 4.39 Å². The summed E-state index contributed by atoms with van der Waals surface area (Å²) < 4.78 is 18.5. The lowest BCUT2D eigenvalue weighted by molar-refractivity contribution is 0.129. The number of halogens is 1. The second-order valence-electron chi connectivity index (χ2n) is 4.62. The van der Waals surface area contributed by atoms with Gasteiger partial charge in [0, 0.05) is 17.3 Å². The van der Waals surface area contributed by atoms with Crippen LogP contribution < -0.4 is 4.74 Å². The van der Waals surface area contributed by atoms with Crippen LogP contribution in [0.15, 0.2) is 35.5 Å². The standard InChI is InChI=1S/C16H17FN2O2/c1-11-5-4-6-16(20-3)15(11)10-21-18-9-14-8-13(17)7-12(2)19-14/h4-9H,10H2,1-3H3/b18-9+. The zero-order chi connectivity index (χ0) is 15.2. The van der Waals surface area contributed by atoms with Gasteiger partial charge in [-0.3, -0.25) is 4.98 Å². The molecule has 2 aromatic rings. The van der Waals surface area contributed by atoms with Crippen LogP contribution in [0.3, 0.4) is 0 Å². The third kappa shape index (κ3) is 4.02. The number of nitrogens with zero attached hydrogens (tertiary/aromatic N) is 2. The Kier molecular flexibility index (Phi) is 4.87. The van der Waals surface area contributed by atoms with Gasteiger partial charge in [-0.2, -0.15) is 0 Å². The first kappa shape index (κ1) is 15.0. The number of rotatable bonds is 5. The molecule has 0 aliphatic heterocycles. The van der Waals surface area contributed by atoms with E-state index in [1.54, 1.807) is 14.0 Å². The first-order valence-corrected chi connectivity index (χ1v) is 6.52. The van der Waals surface area contributed by atoms with Gasteiger partial charge in [0.15, 0.2) is 0 Å². The highest BCUT2D eigenvalue weighted by molar-refractivity contribution is 5.76. The Morgan fingerprint density at radius 3 is 2.81 bits per heavy atom. The maximum Gasteiger partial charge on any atom is 0.146 e. The first-order chi connectivity index (χ1) is 10.1. The van der Waals surface area contributed by atoms with Gasteiger partial charge in [-0.1, -0.05) is 17.3 Å². The minimum Gasteiger partial charge on any atom is -0.496 e. The third-order valence-corrected chi connectivity index (χ3v) is 2.99. The van der Waals surface area contributed by atoms with Crippen molar-refractivity contribution in [3.63, 3.8) is 0 Å². The molecule has 0 saturated carbocycles. The topological polar surface area (TPSA) is 43.7 Å². The van der Waals surface area contributed by atoms with Gasteiger partial charge in [-0.05, 0) is 31.5 Å². The highest BCUT2D eigenvalue weighted by Crippen LogP contribution is 2.22. The molecule has 1 aromatic heterocycles. The van der Waals surface area contributed by atoms with Crippen LogP contribution in [0.5, 0.6) is 5.75 Å². The van der Waals surface area contributed by atoms with Crippen molar-refractivity contribution in [2.45, 2.75) is 20.5 Å². The summed E-state index contributed by atoms with van der Waals surface area (Å²) in [6.45, 7) is 3.97. The molecular weight excluding hydrogens is 271 g/mol. The maximum atomic E-state index is 13.2. The van der Waals surface area contributed by atoms with E-state index in [-0.39, 0.29) is 12.4 Å². The van der Waals surface area contributed by atoms with Crippen LogP contribution in [0, 0.1) is 19.7 Å². The molecule has 5 heteroatoms. The zero-order valence-corrected chi connectivity index (χ0v) is 12.3. The third-order valence-electron chi connectivity index (χ3n) is 2.99. The van der Waals surface area contributed by atoms with Crippen LogP contribution in [0.1, 0.15) is 22.5 Å². The molecule has 1 aromatic carbocycles. The van der Waals surface area contributed by atoms with Crippen molar-refractivity contribution in [1.29, 1.82) is 0 Å². The summed E-state index contributed by atoms with van der Waals surface area (Å²) >= 11 is 0. The van der Waals surface area contributed by atoms with Crippen molar-refractivity contribution in [3.8, 4) is 5.75 Å². The van der Waals surface area contributed by atoms with E-state index < -0.39 is 0 Å². The van der Waals surface area contributed by atoms with Gasteiger partial charge in [0.05, 0.1) is 19.0 Å². The molecule has 0 unspecified atom stereocenters. The molecule has 0 bridgehead atoms. The molecule has 4 nitrogen and oxygen atoms in total. The van der Waals surface area contributed by atoms with Crippen LogP contribution in [0.2, 0.25) is 0 Å². The lowest BCUT2D eigenvalue weighted by atomic mass is 10.1. The predicted octanol–water partition coefficient (Wildman–Crippen LogP) is 3.40. The molecule has 21 heavy (non-hydrogen) atoms. The number of pyridine rings is 1. The van der Waals surface area contributed by atoms with Gasteiger partial charge in [0.2, 0.25) is 0 Å². The fourth-order valence-electron chi connectivity index (χ4n) is 1.96. The minimum absolute atomic E-state index is 0.278. The first-order valence-electron chi connectivity index (χ1n) is 6.52. The van der Waals surface area contributed by atoms with Crippen molar-refractivity contribution < 1.29 is 14.0 Å². The predicted molar refractivity (Wildman–Crippen MR) is 79.0 cm³/mol. The molecular formula is C16H17FN2O2. The molecule has 110 valence electrons. The highest BCUT2D eigenvalue weighted by atomic mass is 19.1. The monoisotopic (exact) mass is 288 g/mol. The van der Waals surface area contributed by atoms with Gasteiger partial charge in [-0.15, -0.1) is 0 Å². The van der Waals surface area contributed by atoms with E-state index in [2.05, 4.69) is 10.1 Å². The van der Waals surface area contributed by atoms with Crippen molar-refractivity contribution in [1.82, 2.24) is 4.98 Å². The Morgan fingerprint density at radius 1 is 1.29 bits per heavy atom. The molecule has 0 aliphatic rings. The summed E-state index contributed by atoms with van der Waals surface area (Å²) in [5, 5.41) is 3.83. The average Bonchev–Trinajstić information content (AvgIpc) is 2.43. The van der Waals surface area contributed by atoms with Crippen molar-refractivity contribution in [2.24, 2.45) is 5.16 Å². The van der Waals surface area contributed by atoms with Crippen LogP contribution in [0.25, 0.3) is 0 Å². The number of oxime groups is 1. The smallest absolute Gasteiger partial charge is 0.146 e. The van der Waals surface area contributed by atoms with Crippen LogP contribution >= 0.6 is 0 Å². The maximum absolute atomic E-state index is 13.2. The summed E-state index contributed by atoms with van der Waals surface area (Å²) in [7, 11) is 1.61. The number of benzene rings is 1. The van der Waals surface area contributed by atoms with E-state index in [1.165, 1.54) is 18.3 Å². The Bertz CT molecular complexity index is 636. The number of aryl methyl sites for hydroxylation is 2. The normalized spacial score (nSPS) is 10.9. The molecule has 0 N–H and O–H groups in total. The van der Waals surface area contributed by atoms with Crippen molar-refractivity contribution in [2.75, 3.05) is 7.11 Å². The molecule has 0 saturated heterocycles.